The van der Waals surface area contributed by atoms with Crippen molar-refractivity contribution in [2.75, 3.05) is 0 Å². The number of rotatable bonds is 2. The van der Waals surface area contributed by atoms with Crippen LogP contribution in [0.5, 0.6) is 0 Å². The van der Waals surface area contributed by atoms with Crippen molar-refractivity contribution in [1.82, 2.24) is 4.98 Å². The van der Waals surface area contributed by atoms with Crippen molar-refractivity contribution in [3.05, 3.63) is 59.7 Å². The van der Waals surface area contributed by atoms with Gasteiger partial charge in [-0.15, -0.1) is 0 Å². The van der Waals surface area contributed by atoms with Crippen LogP contribution >= 0.6 is 0 Å². The van der Waals surface area contributed by atoms with Gasteiger partial charge in [0.2, 0.25) is 0 Å². The van der Waals surface area contributed by atoms with Crippen molar-refractivity contribution in [1.29, 1.82) is 0 Å². The van der Waals surface area contributed by atoms with Crippen molar-refractivity contribution in [2.24, 2.45) is 0 Å². The summed E-state index contributed by atoms with van der Waals surface area (Å²) in [5, 5.41) is 2.73. The Balaban J connectivity index is 2.10. The average Bonchev–Trinajstić information content (AvgIpc) is 2.44. The van der Waals surface area contributed by atoms with Gasteiger partial charge in [0, 0.05) is 10.9 Å². The van der Waals surface area contributed by atoms with Crippen LogP contribution in [0.1, 0.15) is 11.1 Å². The minimum Gasteiger partial charge on any atom is -0.248 e. The predicted octanol–water partition coefficient (Wildman–Crippen LogP) is 5.06. The van der Waals surface area contributed by atoms with Crippen LogP contribution < -0.4 is 5.19 Å². The number of benzene rings is 2. The van der Waals surface area contributed by atoms with Gasteiger partial charge in [0.1, 0.15) is 0 Å². The van der Waals surface area contributed by atoms with Gasteiger partial charge in [-0.1, -0.05) is 60.2 Å². The maximum atomic E-state index is 4.87. The molecular weight excluding hydrogens is 282 g/mol. The van der Waals surface area contributed by atoms with Crippen LogP contribution in [0, 0.1) is 13.8 Å². The van der Waals surface area contributed by atoms with Gasteiger partial charge in [0.25, 0.3) is 0 Å². The molecule has 3 aromatic rings. The molecule has 22 heavy (non-hydrogen) atoms. The van der Waals surface area contributed by atoms with E-state index in [1.807, 2.05) is 0 Å². The highest BCUT2D eigenvalue weighted by molar-refractivity contribution is 6.88. The molecule has 1 heterocycles. The molecule has 0 aliphatic carbocycles. The smallest absolute Gasteiger partial charge is 0.0776 e. The third-order valence-corrected chi connectivity index (χ3v) is 6.12. The first-order valence-electron chi connectivity index (χ1n) is 7.83. The second-order valence-electron chi connectivity index (χ2n) is 7.23. The van der Waals surface area contributed by atoms with Gasteiger partial charge in [0.05, 0.1) is 19.3 Å². The number of hydrogen-bond acceptors (Lipinski definition) is 1. The third kappa shape index (κ3) is 2.97. The normalized spacial score (nSPS) is 11.9. The molecule has 0 radical (unpaired) electrons. The zero-order valence-electron chi connectivity index (χ0n) is 14.1. The molecule has 3 rings (SSSR count). The molecule has 0 saturated carbocycles. The molecule has 0 unspecified atom stereocenters. The maximum Gasteiger partial charge on any atom is 0.0776 e. The summed E-state index contributed by atoms with van der Waals surface area (Å²) in [6, 6.07) is 17.7. The minimum absolute atomic E-state index is 1.06. The summed E-state index contributed by atoms with van der Waals surface area (Å²) in [7, 11) is -1.27. The molecule has 0 atom stereocenters. The van der Waals surface area contributed by atoms with E-state index < -0.39 is 8.07 Å². The Bertz CT molecular complexity index is 824. The zero-order valence-corrected chi connectivity index (χ0v) is 15.1. The molecule has 0 bridgehead atoms. The number of nitrogens with zero attached hydrogens (tertiary/aromatic N) is 1. The Hall–Kier alpha value is -1.93. The Kier molecular flexibility index (Phi) is 3.65. The molecule has 0 N–H and O–H groups in total. The Morgan fingerprint density at radius 1 is 0.773 bits per heavy atom. The number of hydrogen-bond donors (Lipinski definition) is 0. The van der Waals surface area contributed by atoms with Gasteiger partial charge < -0.3 is 0 Å². The summed E-state index contributed by atoms with van der Waals surface area (Å²) < 4.78 is 0. The lowest BCUT2D eigenvalue weighted by Gasteiger charge is -2.17. The van der Waals surface area contributed by atoms with Crippen molar-refractivity contribution in [2.45, 2.75) is 33.5 Å². The molecule has 0 spiro atoms. The van der Waals surface area contributed by atoms with E-state index in [2.05, 4.69) is 82.0 Å². The van der Waals surface area contributed by atoms with Crippen LogP contribution in [-0.2, 0) is 0 Å². The molecule has 1 nitrogen and oxygen atoms in total. The first-order valence-corrected chi connectivity index (χ1v) is 11.3. The SMILES string of the molecule is Cc1cc(C)cc(-c2ccc3cc([Si](C)(C)C)ccc3n2)c1. The van der Waals surface area contributed by atoms with E-state index in [1.165, 1.54) is 27.3 Å². The highest BCUT2D eigenvalue weighted by Crippen LogP contribution is 2.23. The fourth-order valence-electron chi connectivity index (χ4n) is 2.88. The summed E-state index contributed by atoms with van der Waals surface area (Å²) in [6.45, 7) is 11.4. The van der Waals surface area contributed by atoms with Gasteiger partial charge in [-0.3, -0.25) is 0 Å². The van der Waals surface area contributed by atoms with E-state index in [1.54, 1.807) is 0 Å². The molecule has 0 aliphatic rings. The second kappa shape index (κ2) is 5.36. The molecular formula is C20H23NSi. The largest absolute Gasteiger partial charge is 0.248 e. The fraction of sp³-hybridized carbons (Fsp3) is 0.250. The van der Waals surface area contributed by atoms with Crippen molar-refractivity contribution < 1.29 is 0 Å². The van der Waals surface area contributed by atoms with Crippen LogP contribution in [0.2, 0.25) is 19.6 Å². The minimum atomic E-state index is -1.27. The summed E-state index contributed by atoms with van der Waals surface area (Å²) in [4.78, 5) is 4.87. The topological polar surface area (TPSA) is 12.9 Å². The van der Waals surface area contributed by atoms with Crippen LogP contribution in [-0.4, -0.2) is 13.1 Å². The van der Waals surface area contributed by atoms with Crippen molar-refractivity contribution in [3.8, 4) is 11.3 Å². The average molecular weight is 305 g/mol. The lowest BCUT2D eigenvalue weighted by Crippen LogP contribution is -2.37. The molecule has 1 aromatic heterocycles. The Labute approximate surface area is 134 Å². The quantitative estimate of drug-likeness (QED) is 0.603. The Morgan fingerprint density at radius 3 is 2.09 bits per heavy atom. The van der Waals surface area contributed by atoms with Crippen LogP contribution in [0.3, 0.4) is 0 Å². The standard InChI is InChI=1S/C20H23NSi/c1-14-10-15(2)12-17(11-14)20-8-6-16-13-18(22(3,4)5)7-9-19(16)21-20/h6-13H,1-5H3. The lowest BCUT2D eigenvalue weighted by molar-refractivity contribution is 1.34. The molecule has 2 heteroatoms. The second-order valence-corrected chi connectivity index (χ2v) is 12.3. The molecule has 0 aliphatic heterocycles. The Morgan fingerprint density at radius 2 is 1.45 bits per heavy atom. The van der Waals surface area contributed by atoms with Crippen LogP contribution in [0.25, 0.3) is 22.2 Å². The number of aryl methyl sites for hydroxylation is 2. The van der Waals surface area contributed by atoms with Crippen molar-refractivity contribution in [3.63, 3.8) is 0 Å². The molecule has 0 fully saturated rings. The van der Waals surface area contributed by atoms with E-state index in [9.17, 15) is 0 Å². The van der Waals surface area contributed by atoms with E-state index >= 15 is 0 Å². The van der Waals surface area contributed by atoms with E-state index in [-0.39, 0.29) is 0 Å². The molecule has 0 amide bonds. The third-order valence-electron chi connectivity index (χ3n) is 4.07. The summed E-state index contributed by atoms with van der Waals surface area (Å²) in [6.07, 6.45) is 0. The molecule has 0 saturated heterocycles. The van der Waals surface area contributed by atoms with Crippen LogP contribution in [0.15, 0.2) is 48.5 Å². The summed E-state index contributed by atoms with van der Waals surface area (Å²) in [5.74, 6) is 0. The lowest BCUT2D eigenvalue weighted by atomic mass is 10.0. The number of fused-ring (bicyclic) bond motifs is 1. The number of pyridine rings is 1. The number of aromatic nitrogens is 1. The van der Waals surface area contributed by atoms with Crippen LogP contribution in [0.4, 0.5) is 0 Å². The summed E-state index contributed by atoms with van der Waals surface area (Å²) in [5.41, 5.74) is 5.91. The zero-order chi connectivity index (χ0) is 15.9. The monoisotopic (exact) mass is 305 g/mol. The van der Waals surface area contributed by atoms with E-state index in [4.69, 9.17) is 4.98 Å². The van der Waals surface area contributed by atoms with Gasteiger partial charge >= 0.3 is 0 Å². The van der Waals surface area contributed by atoms with Crippen molar-refractivity contribution >= 4 is 24.2 Å². The molecule has 2 aromatic carbocycles. The van der Waals surface area contributed by atoms with Gasteiger partial charge in [0.15, 0.2) is 0 Å². The highest BCUT2D eigenvalue weighted by Gasteiger charge is 2.16. The first-order chi connectivity index (χ1) is 10.3. The highest BCUT2D eigenvalue weighted by atomic mass is 28.3. The predicted molar refractivity (Wildman–Crippen MR) is 99.6 cm³/mol. The van der Waals surface area contributed by atoms with Gasteiger partial charge in [-0.05, 0) is 38.1 Å². The van der Waals surface area contributed by atoms with E-state index in [0.29, 0.717) is 0 Å². The maximum absolute atomic E-state index is 4.87. The fourth-order valence-corrected chi connectivity index (χ4v) is 4.05. The summed E-state index contributed by atoms with van der Waals surface area (Å²) >= 11 is 0. The van der Waals surface area contributed by atoms with Gasteiger partial charge in [-0.25, -0.2) is 4.98 Å². The van der Waals surface area contributed by atoms with Gasteiger partial charge in [-0.2, -0.15) is 0 Å². The first kappa shape index (κ1) is 15.0. The molecule has 112 valence electrons. The van der Waals surface area contributed by atoms with E-state index in [0.717, 1.165) is 11.2 Å².